The van der Waals surface area contributed by atoms with Crippen LogP contribution in [0.2, 0.25) is 0 Å². The summed E-state index contributed by atoms with van der Waals surface area (Å²) < 4.78 is 0. The van der Waals surface area contributed by atoms with Gasteiger partial charge in [-0.1, -0.05) is 12.8 Å². The molecule has 1 rings (SSSR count). The van der Waals surface area contributed by atoms with Gasteiger partial charge >= 0.3 is 0 Å². The van der Waals surface area contributed by atoms with Crippen LogP contribution >= 0.6 is 0 Å². The van der Waals surface area contributed by atoms with E-state index in [0.29, 0.717) is 6.54 Å². The van der Waals surface area contributed by atoms with Crippen molar-refractivity contribution in [2.75, 3.05) is 33.7 Å². The molecule has 1 fully saturated rings. The van der Waals surface area contributed by atoms with Gasteiger partial charge in [0, 0.05) is 26.7 Å². The molecule has 1 aliphatic carbocycles. The fourth-order valence-electron chi connectivity index (χ4n) is 2.34. The average Bonchev–Trinajstić information content (AvgIpc) is 2.74. The van der Waals surface area contributed by atoms with Crippen molar-refractivity contribution >= 4 is 5.91 Å². The Morgan fingerprint density at radius 2 is 2.07 bits per heavy atom. The first-order valence-electron chi connectivity index (χ1n) is 5.76. The van der Waals surface area contributed by atoms with E-state index in [4.69, 9.17) is 5.73 Å². The van der Waals surface area contributed by atoms with Gasteiger partial charge in [-0.25, -0.2) is 0 Å². The Kier molecular flexibility index (Phi) is 4.54. The molecule has 15 heavy (non-hydrogen) atoms. The summed E-state index contributed by atoms with van der Waals surface area (Å²) in [6.07, 6.45) is 4.21. The molecule has 0 aromatic carbocycles. The van der Waals surface area contributed by atoms with Gasteiger partial charge in [0.2, 0.25) is 5.91 Å². The lowest BCUT2D eigenvalue weighted by Crippen LogP contribution is -2.46. The number of rotatable bonds is 5. The molecule has 4 heteroatoms. The number of hydrogen-bond donors (Lipinski definition) is 2. The van der Waals surface area contributed by atoms with Crippen LogP contribution in [0.25, 0.3) is 0 Å². The van der Waals surface area contributed by atoms with Gasteiger partial charge < -0.3 is 16.0 Å². The molecular formula is C11H23N3O. The third-order valence-electron chi connectivity index (χ3n) is 3.45. The molecular weight excluding hydrogens is 190 g/mol. The van der Waals surface area contributed by atoms with Gasteiger partial charge in [0.1, 0.15) is 0 Å². The standard InChI is InChI=1S/C11H23N3O/c1-13-7-8-14(2)10(15)11(9-12)5-3-4-6-11/h13H,3-9,12H2,1-2H3. The van der Waals surface area contributed by atoms with E-state index in [1.807, 2.05) is 19.0 Å². The fraction of sp³-hybridized carbons (Fsp3) is 0.909. The van der Waals surface area contributed by atoms with Crippen LogP contribution in [0.5, 0.6) is 0 Å². The Bertz CT molecular complexity index is 212. The Morgan fingerprint density at radius 3 is 2.53 bits per heavy atom. The lowest BCUT2D eigenvalue weighted by Gasteiger charge is -2.31. The van der Waals surface area contributed by atoms with Gasteiger partial charge in [-0.05, 0) is 19.9 Å². The lowest BCUT2D eigenvalue weighted by molar-refractivity contribution is -0.139. The van der Waals surface area contributed by atoms with Gasteiger partial charge in [0.25, 0.3) is 0 Å². The topological polar surface area (TPSA) is 58.4 Å². The predicted molar refractivity (Wildman–Crippen MR) is 61.5 cm³/mol. The van der Waals surface area contributed by atoms with Crippen molar-refractivity contribution in [3.8, 4) is 0 Å². The summed E-state index contributed by atoms with van der Waals surface area (Å²) in [6.45, 7) is 2.09. The molecule has 1 aliphatic rings. The quantitative estimate of drug-likeness (QED) is 0.685. The molecule has 0 spiro atoms. The highest BCUT2D eigenvalue weighted by molar-refractivity contribution is 5.83. The number of hydrogen-bond acceptors (Lipinski definition) is 3. The van der Waals surface area contributed by atoms with Crippen molar-refractivity contribution in [1.82, 2.24) is 10.2 Å². The molecule has 0 heterocycles. The molecule has 0 aliphatic heterocycles. The molecule has 4 nitrogen and oxygen atoms in total. The summed E-state index contributed by atoms with van der Waals surface area (Å²) >= 11 is 0. The number of amides is 1. The zero-order valence-corrected chi connectivity index (χ0v) is 9.88. The van der Waals surface area contributed by atoms with Gasteiger partial charge in [-0.2, -0.15) is 0 Å². The Morgan fingerprint density at radius 1 is 1.47 bits per heavy atom. The summed E-state index contributed by atoms with van der Waals surface area (Å²) in [4.78, 5) is 14.0. The summed E-state index contributed by atoms with van der Waals surface area (Å²) in [7, 11) is 3.77. The van der Waals surface area contributed by atoms with E-state index < -0.39 is 0 Å². The zero-order valence-electron chi connectivity index (χ0n) is 9.88. The van der Waals surface area contributed by atoms with E-state index >= 15 is 0 Å². The normalized spacial score (nSPS) is 19.1. The van der Waals surface area contributed by atoms with E-state index in [2.05, 4.69) is 5.32 Å². The molecule has 0 atom stereocenters. The summed E-state index contributed by atoms with van der Waals surface area (Å²) in [5.74, 6) is 0.234. The van der Waals surface area contributed by atoms with Crippen LogP contribution in [0, 0.1) is 5.41 Å². The van der Waals surface area contributed by atoms with Crippen molar-refractivity contribution in [3.63, 3.8) is 0 Å². The van der Waals surface area contributed by atoms with Crippen LogP contribution in [0.1, 0.15) is 25.7 Å². The van der Waals surface area contributed by atoms with Crippen LogP contribution in [-0.4, -0.2) is 44.5 Å². The Balaban J connectivity index is 2.56. The van der Waals surface area contributed by atoms with Crippen LogP contribution in [0.3, 0.4) is 0 Å². The number of nitrogens with two attached hydrogens (primary N) is 1. The van der Waals surface area contributed by atoms with Gasteiger partial charge in [0.15, 0.2) is 0 Å². The minimum Gasteiger partial charge on any atom is -0.344 e. The highest BCUT2D eigenvalue weighted by atomic mass is 16.2. The molecule has 0 radical (unpaired) electrons. The molecule has 0 unspecified atom stereocenters. The van der Waals surface area contributed by atoms with E-state index in [1.165, 1.54) is 0 Å². The maximum absolute atomic E-state index is 12.2. The fourth-order valence-corrected chi connectivity index (χ4v) is 2.34. The monoisotopic (exact) mass is 213 g/mol. The van der Waals surface area contributed by atoms with Gasteiger partial charge in [0.05, 0.1) is 5.41 Å². The Hall–Kier alpha value is -0.610. The Labute approximate surface area is 92.2 Å². The van der Waals surface area contributed by atoms with Crippen LogP contribution < -0.4 is 11.1 Å². The van der Waals surface area contributed by atoms with E-state index in [1.54, 1.807) is 0 Å². The van der Waals surface area contributed by atoms with E-state index in [-0.39, 0.29) is 11.3 Å². The van der Waals surface area contributed by atoms with E-state index in [0.717, 1.165) is 38.8 Å². The first kappa shape index (κ1) is 12.5. The molecule has 0 bridgehead atoms. The van der Waals surface area contributed by atoms with Crippen molar-refractivity contribution in [2.45, 2.75) is 25.7 Å². The van der Waals surface area contributed by atoms with Crippen LogP contribution in [-0.2, 0) is 4.79 Å². The molecule has 0 aromatic heterocycles. The third-order valence-corrected chi connectivity index (χ3v) is 3.45. The largest absolute Gasteiger partial charge is 0.344 e. The van der Waals surface area contributed by atoms with Crippen molar-refractivity contribution < 1.29 is 4.79 Å². The maximum atomic E-state index is 12.2. The average molecular weight is 213 g/mol. The zero-order chi connectivity index (χ0) is 11.3. The molecule has 3 N–H and O–H groups in total. The van der Waals surface area contributed by atoms with Crippen molar-refractivity contribution in [2.24, 2.45) is 11.1 Å². The number of nitrogens with one attached hydrogen (secondary N) is 1. The van der Waals surface area contributed by atoms with Crippen LogP contribution in [0.15, 0.2) is 0 Å². The second-order valence-electron chi connectivity index (χ2n) is 4.52. The predicted octanol–water partition coefficient (Wildman–Crippen LogP) is 0.183. The van der Waals surface area contributed by atoms with Crippen LogP contribution in [0.4, 0.5) is 0 Å². The first-order valence-corrected chi connectivity index (χ1v) is 5.76. The molecule has 0 saturated heterocycles. The number of nitrogens with zero attached hydrogens (tertiary/aromatic N) is 1. The maximum Gasteiger partial charge on any atom is 0.229 e. The SMILES string of the molecule is CNCCN(C)C(=O)C1(CN)CCCC1. The van der Waals surface area contributed by atoms with Crippen molar-refractivity contribution in [1.29, 1.82) is 0 Å². The number of carbonyl (C=O) groups is 1. The third kappa shape index (κ3) is 2.69. The first-order chi connectivity index (χ1) is 7.16. The lowest BCUT2D eigenvalue weighted by atomic mass is 9.85. The summed E-state index contributed by atoms with van der Waals surface area (Å²) in [5, 5.41) is 3.05. The van der Waals surface area contributed by atoms with Gasteiger partial charge in [-0.15, -0.1) is 0 Å². The summed E-state index contributed by atoms with van der Waals surface area (Å²) in [5.41, 5.74) is 5.53. The number of likely N-dealkylation sites (N-methyl/N-ethyl adjacent to an activating group) is 2. The van der Waals surface area contributed by atoms with Gasteiger partial charge in [-0.3, -0.25) is 4.79 Å². The second kappa shape index (κ2) is 5.47. The summed E-state index contributed by atoms with van der Waals surface area (Å²) in [6, 6.07) is 0. The molecule has 88 valence electrons. The molecule has 0 aromatic rings. The second-order valence-corrected chi connectivity index (χ2v) is 4.52. The molecule has 1 amide bonds. The van der Waals surface area contributed by atoms with E-state index in [9.17, 15) is 4.79 Å². The minimum atomic E-state index is -0.248. The molecule has 1 saturated carbocycles. The minimum absolute atomic E-state index is 0.234. The van der Waals surface area contributed by atoms with Crippen molar-refractivity contribution in [3.05, 3.63) is 0 Å². The smallest absolute Gasteiger partial charge is 0.229 e. The number of carbonyl (C=O) groups excluding carboxylic acids is 1. The highest BCUT2D eigenvalue weighted by Gasteiger charge is 2.41. The highest BCUT2D eigenvalue weighted by Crippen LogP contribution is 2.38.